The Labute approximate surface area is 168 Å². The summed E-state index contributed by atoms with van der Waals surface area (Å²) in [6, 6.07) is 22.6. The molecule has 2 aromatic carbocycles. The number of hydrogen-bond acceptors (Lipinski definition) is 4. The number of aromatic nitrogens is 3. The van der Waals surface area contributed by atoms with E-state index in [0.29, 0.717) is 5.82 Å². The zero-order chi connectivity index (χ0) is 19.6. The van der Waals surface area contributed by atoms with Gasteiger partial charge in [0, 0.05) is 30.9 Å². The molecule has 4 aromatic rings. The maximum absolute atomic E-state index is 13.4. The average molecular weight is 382 g/mol. The van der Waals surface area contributed by atoms with Crippen molar-refractivity contribution >= 4 is 5.82 Å². The van der Waals surface area contributed by atoms with E-state index >= 15 is 0 Å². The SMILES string of the molecule is Fc1ccc(-c2cc(N3CCc4ccccc4C3)nc(-c3ccccn3)n2)cc1. The number of fused-ring (bicyclic) bond motifs is 1. The van der Waals surface area contributed by atoms with Gasteiger partial charge in [-0.2, -0.15) is 0 Å². The van der Waals surface area contributed by atoms with E-state index in [0.717, 1.165) is 42.3 Å². The van der Waals surface area contributed by atoms with Crippen LogP contribution in [-0.4, -0.2) is 21.5 Å². The van der Waals surface area contributed by atoms with Gasteiger partial charge in [-0.15, -0.1) is 0 Å². The first-order valence-electron chi connectivity index (χ1n) is 9.64. The third-order valence-corrected chi connectivity index (χ3v) is 5.20. The maximum atomic E-state index is 13.4. The van der Waals surface area contributed by atoms with Crippen molar-refractivity contribution in [2.24, 2.45) is 0 Å². The number of halogens is 1. The van der Waals surface area contributed by atoms with Crippen molar-refractivity contribution in [3.63, 3.8) is 0 Å². The third kappa shape index (κ3) is 3.59. The summed E-state index contributed by atoms with van der Waals surface area (Å²) in [4.78, 5) is 16.2. The minimum atomic E-state index is -0.263. The summed E-state index contributed by atoms with van der Waals surface area (Å²) < 4.78 is 13.4. The van der Waals surface area contributed by atoms with Gasteiger partial charge in [0.15, 0.2) is 5.82 Å². The van der Waals surface area contributed by atoms with Gasteiger partial charge >= 0.3 is 0 Å². The molecule has 0 atom stereocenters. The van der Waals surface area contributed by atoms with E-state index in [1.165, 1.54) is 23.3 Å². The lowest BCUT2D eigenvalue weighted by Crippen LogP contribution is -2.31. The molecule has 0 saturated carbocycles. The van der Waals surface area contributed by atoms with Crippen molar-refractivity contribution in [3.8, 4) is 22.8 Å². The first-order chi connectivity index (χ1) is 14.3. The molecule has 0 aliphatic carbocycles. The van der Waals surface area contributed by atoms with Gasteiger partial charge in [-0.3, -0.25) is 4.98 Å². The second kappa shape index (κ2) is 7.43. The van der Waals surface area contributed by atoms with E-state index in [2.05, 4.69) is 34.1 Å². The molecule has 0 amide bonds. The van der Waals surface area contributed by atoms with Crippen molar-refractivity contribution in [1.82, 2.24) is 15.0 Å². The molecule has 0 fully saturated rings. The van der Waals surface area contributed by atoms with Crippen LogP contribution in [0.25, 0.3) is 22.8 Å². The molecule has 29 heavy (non-hydrogen) atoms. The predicted octanol–water partition coefficient (Wildman–Crippen LogP) is 4.91. The molecule has 0 saturated heterocycles. The molecule has 2 aromatic heterocycles. The highest BCUT2D eigenvalue weighted by molar-refractivity contribution is 5.67. The molecule has 0 unspecified atom stereocenters. The summed E-state index contributed by atoms with van der Waals surface area (Å²) in [6.07, 6.45) is 2.71. The van der Waals surface area contributed by atoms with Crippen LogP contribution in [0.15, 0.2) is 79.0 Å². The molecule has 0 spiro atoms. The monoisotopic (exact) mass is 382 g/mol. The summed E-state index contributed by atoms with van der Waals surface area (Å²) in [5.74, 6) is 1.16. The van der Waals surface area contributed by atoms with Crippen molar-refractivity contribution in [1.29, 1.82) is 0 Å². The average Bonchev–Trinajstić information content (AvgIpc) is 2.79. The standard InChI is InChI=1S/C24H19FN4/c25-20-10-8-18(9-11-20)22-15-23(28-24(27-22)21-7-3-4-13-26-21)29-14-12-17-5-1-2-6-19(17)16-29/h1-11,13,15H,12,14,16H2. The third-order valence-electron chi connectivity index (χ3n) is 5.20. The maximum Gasteiger partial charge on any atom is 0.180 e. The Hall–Kier alpha value is -3.60. The largest absolute Gasteiger partial charge is 0.352 e. The van der Waals surface area contributed by atoms with Crippen LogP contribution in [0.1, 0.15) is 11.1 Å². The van der Waals surface area contributed by atoms with Gasteiger partial charge < -0.3 is 4.90 Å². The lowest BCUT2D eigenvalue weighted by Gasteiger charge is -2.30. The van der Waals surface area contributed by atoms with Gasteiger partial charge in [-0.1, -0.05) is 30.3 Å². The molecule has 0 bridgehead atoms. The second-order valence-corrected chi connectivity index (χ2v) is 7.10. The highest BCUT2D eigenvalue weighted by Crippen LogP contribution is 2.28. The van der Waals surface area contributed by atoms with Crippen LogP contribution in [0.3, 0.4) is 0 Å². The molecule has 1 aliphatic heterocycles. The molecule has 5 rings (SSSR count). The van der Waals surface area contributed by atoms with Crippen molar-refractivity contribution < 1.29 is 4.39 Å². The van der Waals surface area contributed by atoms with Gasteiger partial charge in [-0.25, -0.2) is 14.4 Å². The number of rotatable bonds is 3. The molecule has 4 nitrogen and oxygen atoms in total. The number of benzene rings is 2. The molecule has 0 radical (unpaired) electrons. The first kappa shape index (κ1) is 17.5. The summed E-state index contributed by atoms with van der Waals surface area (Å²) in [5, 5.41) is 0. The second-order valence-electron chi connectivity index (χ2n) is 7.10. The Balaban J connectivity index is 1.59. The fourth-order valence-corrected chi connectivity index (χ4v) is 3.67. The quantitative estimate of drug-likeness (QED) is 0.505. The predicted molar refractivity (Wildman–Crippen MR) is 112 cm³/mol. The Morgan fingerprint density at radius 3 is 2.38 bits per heavy atom. The summed E-state index contributed by atoms with van der Waals surface area (Å²) >= 11 is 0. The van der Waals surface area contributed by atoms with Crippen LogP contribution in [0.5, 0.6) is 0 Å². The Morgan fingerprint density at radius 2 is 1.59 bits per heavy atom. The summed E-state index contributed by atoms with van der Waals surface area (Å²) in [6.45, 7) is 1.69. The van der Waals surface area contributed by atoms with Crippen molar-refractivity contribution in [2.75, 3.05) is 11.4 Å². The summed E-state index contributed by atoms with van der Waals surface area (Å²) in [5.41, 5.74) is 5.04. The van der Waals surface area contributed by atoms with E-state index in [4.69, 9.17) is 9.97 Å². The molecule has 5 heteroatoms. The van der Waals surface area contributed by atoms with Crippen LogP contribution in [-0.2, 0) is 13.0 Å². The molecule has 3 heterocycles. The van der Waals surface area contributed by atoms with Crippen molar-refractivity contribution in [3.05, 3.63) is 95.9 Å². The molecule has 0 N–H and O–H groups in total. The molecule has 1 aliphatic rings. The lowest BCUT2D eigenvalue weighted by molar-refractivity contribution is 0.628. The molecular formula is C24H19FN4. The van der Waals surface area contributed by atoms with Crippen LogP contribution in [0.2, 0.25) is 0 Å². The van der Waals surface area contributed by atoms with E-state index < -0.39 is 0 Å². The fourth-order valence-electron chi connectivity index (χ4n) is 3.67. The van der Waals surface area contributed by atoms with Crippen LogP contribution < -0.4 is 4.90 Å². The Morgan fingerprint density at radius 1 is 0.793 bits per heavy atom. The van der Waals surface area contributed by atoms with E-state index in [-0.39, 0.29) is 5.82 Å². The van der Waals surface area contributed by atoms with Crippen LogP contribution in [0, 0.1) is 5.82 Å². The zero-order valence-corrected chi connectivity index (χ0v) is 15.8. The normalized spacial score (nSPS) is 13.2. The highest BCUT2D eigenvalue weighted by Gasteiger charge is 2.19. The smallest absolute Gasteiger partial charge is 0.180 e. The molecular weight excluding hydrogens is 363 g/mol. The number of hydrogen-bond donors (Lipinski definition) is 0. The number of nitrogens with zero attached hydrogens (tertiary/aromatic N) is 4. The van der Waals surface area contributed by atoms with Gasteiger partial charge in [-0.05, 0) is 53.9 Å². The highest BCUT2D eigenvalue weighted by atomic mass is 19.1. The van der Waals surface area contributed by atoms with Crippen molar-refractivity contribution in [2.45, 2.75) is 13.0 Å². The van der Waals surface area contributed by atoms with E-state index in [9.17, 15) is 4.39 Å². The first-order valence-corrected chi connectivity index (χ1v) is 9.64. The zero-order valence-electron chi connectivity index (χ0n) is 15.8. The molecule has 142 valence electrons. The minimum absolute atomic E-state index is 0.263. The van der Waals surface area contributed by atoms with Crippen LogP contribution >= 0.6 is 0 Å². The van der Waals surface area contributed by atoms with E-state index in [1.807, 2.05) is 24.3 Å². The minimum Gasteiger partial charge on any atom is -0.352 e. The van der Waals surface area contributed by atoms with Gasteiger partial charge in [0.05, 0.1) is 5.69 Å². The van der Waals surface area contributed by atoms with Gasteiger partial charge in [0.25, 0.3) is 0 Å². The Kier molecular flexibility index (Phi) is 4.48. The van der Waals surface area contributed by atoms with Gasteiger partial charge in [0.1, 0.15) is 17.3 Å². The number of pyridine rings is 1. The van der Waals surface area contributed by atoms with Crippen LogP contribution in [0.4, 0.5) is 10.2 Å². The number of anilines is 1. The lowest BCUT2D eigenvalue weighted by atomic mass is 10.00. The van der Waals surface area contributed by atoms with E-state index in [1.54, 1.807) is 18.3 Å². The fraction of sp³-hybridized carbons (Fsp3) is 0.125. The Bertz CT molecular complexity index is 1140. The summed E-state index contributed by atoms with van der Waals surface area (Å²) in [7, 11) is 0. The van der Waals surface area contributed by atoms with Gasteiger partial charge in [0.2, 0.25) is 0 Å². The topological polar surface area (TPSA) is 41.9 Å².